The van der Waals surface area contributed by atoms with Crippen molar-refractivity contribution in [2.45, 2.75) is 66.9 Å². The molecule has 2 rings (SSSR count). The van der Waals surface area contributed by atoms with E-state index in [0.717, 1.165) is 0 Å². The van der Waals surface area contributed by atoms with E-state index in [1.807, 2.05) is 0 Å². The Morgan fingerprint density at radius 2 is 2.09 bits per heavy atom. The molecule has 32 heavy (non-hydrogen) atoms. The second-order valence-corrected chi connectivity index (χ2v) is 9.38. The molecule has 0 unspecified atom stereocenters. The molecule has 1 aromatic rings. The van der Waals surface area contributed by atoms with E-state index in [2.05, 4.69) is 15.1 Å². The number of carbonyl (C=O) groups excluding carboxylic acids is 2. The summed E-state index contributed by atoms with van der Waals surface area (Å²) in [7, 11) is 0. The molecule has 2 radical (unpaired) electrons. The van der Waals surface area contributed by atoms with Crippen molar-refractivity contribution in [2.75, 3.05) is 6.61 Å². The lowest BCUT2D eigenvalue weighted by molar-refractivity contribution is -0.387. The van der Waals surface area contributed by atoms with Gasteiger partial charge in [0.25, 0.3) is 5.88 Å². The highest BCUT2D eigenvalue weighted by Crippen LogP contribution is 2.46. The molecule has 1 heterocycles. The zero-order valence-electron chi connectivity index (χ0n) is 20.3. The van der Waals surface area contributed by atoms with Crippen LogP contribution in [0.5, 0.6) is 5.88 Å². The predicted octanol–water partition coefficient (Wildman–Crippen LogP) is 3.07. The maximum absolute atomic E-state index is 13.3. The van der Waals surface area contributed by atoms with Crippen molar-refractivity contribution in [2.24, 2.45) is 16.7 Å². The lowest BCUT2D eigenvalue weighted by atomic mass is 9.82. The summed E-state index contributed by atoms with van der Waals surface area (Å²) in [6.45, 7) is 11.4. The van der Waals surface area contributed by atoms with Crippen LogP contribution in [0.4, 0.5) is 5.69 Å². The number of ketones is 1. The van der Waals surface area contributed by atoms with Gasteiger partial charge in [0, 0.05) is 24.4 Å². The average Bonchev–Trinajstić information content (AvgIpc) is 2.91. The third-order valence-corrected chi connectivity index (χ3v) is 5.43. The molecule has 1 aliphatic carbocycles. The zero-order valence-corrected chi connectivity index (χ0v) is 19.3. The summed E-state index contributed by atoms with van der Waals surface area (Å²) >= 11 is 0. The monoisotopic (exact) mass is 451 g/mol. The Morgan fingerprint density at radius 3 is 2.69 bits per heavy atom. The van der Waals surface area contributed by atoms with Gasteiger partial charge in [0.15, 0.2) is 11.9 Å². The number of hydrogen-bond acceptors (Lipinski definition) is 9. The van der Waals surface area contributed by atoms with Gasteiger partial charge in [-0.2, -0.15) is 4.98 Å². The third-order valence-electron chi connectivity index (χ3n) is 5.43. The van der Waals surface area contributed by atoms with Crippen LogP contribution in [0.15, 0.2) is 0 Å². The number of esters is 1. The number of Topliss-reactive ketones (excluding diaryl/α,β-unsaturated/α-hetero) is 1. The van der Waals surface area contributed by atoms with E-state index >= 15 is 0 Å². The van der Waals surface area contributed by atoms with Crippen LogP contribution in [0.2, 0.25) is 0 Å². The molecule has 1 aromatic heterocycles. The molecule has 0 bridgehead atoms. The van der Waals surface area contributed by atoms with Crippen molar-refractivity contribution >= 4 is 17.4 Å². The van der Waals surface area contributed by atoms with Crippen LogP contribution in [0, 0.1) is 53.7 Å². The van der Waals surface area contributed by atoms with Crippen LogP contribution in [0.25, 0.3) is 0 Å². The number of hydrogen-bond donors (Lipinski definition) is 1. The van der Waals surface area contributed by atoms with E-state index in [-0.39, 0.29) is 29.8 Å². The van der Waals surface area contributed by atoms with Crippen LogP contribution in [-0.4, -0.2) is 45.9 Å². The molecule has 10 nitrogen and oxygen atoms in total. The molecular weight excluding hydrogens is 418 g/mol. The molecule has 3 atom stereocenters. The molecule has 0 amide bonds. The largest absolute Gasteiger partial charge is 0.461 e. The molecule has 0 saturated heterocycles. The lowest BCUT2D eigenvalue weighted by Gasteiger charge is -2.30. The van der Waals surface area contributed by atoms with Gasteiger partial charge in [0.05, 0.1) is 10.3 Å². The van der Waals surface area contributed by atoms with Gasteiger partial charge in [-0.1, -0.05) is 6.92 Å². The molecule has 1 saturated carbocycles. The first-order valence-electron chi connectivity index (χ1n) is 10.9. The Hall–Kier alpha value is -2.62. The lowest BCUT2D eigenvalue weighted by Crippen LogP contribution is -2.38. The highest BCUT2D eigenvalue weighted by Gasteiger charge is 2.52. The summed E-state index contributed by atoms with van der Waals surface area (Å²) in [5.41, 5.74) is -1.89. The van der Waals surface area contributed by atoms with E-state index in [1.165, 1.54) is 13.5 Å². The average molecular weight is 452 g/mol. The highest BCUT2D eigenvalue weighted by atomic mass is 16.6. The summed E-state index contributed by atoms with van der Waals surface area (Å²) in [4.78, 5) is 44.5. The van der Waals surface area contributed by atoms with Gasteiger partial charge in [0.2, 0.25) is 1.43 Å². The van der Waals surface area contributed by atoms with E-state index in [4.69, 9.17) is 10.9 Å². The molecular formula is C22H31N3O7. The summed E-state index contributed by atoms with van der Waals surface area (Å²) in [6.07, 6.45) is 1.84. The molecule has 1 aliphatic rings. The number of aryl methyl sites for hydroxylation is 2. The van der Waals surface area contributed by atoms with Gasteiger partial charge < -0.3 is 14.6 Å². The van der Waals surface area contributed by atoms with Crippen molar-refractivity contribution in [3.63, 3.8) is 0 Å². The Kier molecular flexibility index (Phi) is 7.43. The Bertz CT molecular complexity index is 903. The number of aromatic nitrogens is 2. The van der Waals surface area contributed by atoms with Gasteiger partial charge >= 0.3 is 11.7 Å². The Labute approximate surface area is 189 Å². The first kappa shape index (κ1) is 24.0. The quantitative estimate of drug-likeness (QED) is 0.246. The Morgan fingerprint density at radius 1 is 1.41 bits per heavy atom. The van der Waals surface area contributed by atoms with E-state index in [1.54, 1.807) is 41.0 Å². The summed E-state index contributed by atoms with van der Waals surface area (Å²) in [5, 5.41) is 16.0. The van der Waals surface area contributed by atoms with Gasteiger partial charge in [-0.25, -0.2) is 4.98 Å². The minimum Gasteiger partial charge on any atom is -0.461 e. The minimum absolute atomic E-state index is 0.133. The minimum atomic E-state index is -1.09. The zero-order chi connectivity index (χ0) is 25.0. The van der Waals surface area contributed by atoms with Crippen molar-refractivity contribution in [1.82, 2.24) is 9.97 Å². The number of aliphatic hydroxyl groups is 1. The highest BCUT2D eigenvalue weighted by molar-refractivity contribution is 5.89. The number of nitrogens with zero attached hydrogens (tertiary/aromatic N) is 3. The second-order valence-electron chi connectivity index (χ2n) is 9.38. The van der Waals surface area contributed by atoms with Gasteiger partial charge in [-0.15, -0.1) is 0 Å². The molecule has 0 spiro atoms. The van der Waals surface area contributed by atoms with Crippen LogP contribution >= 0.6 is 0 Å². The van der Waals surface area contributed by atoms with Crippen molar-refractivity contribution < 1.29 is 29.1 Å². The molecule has 1 N–H and O–H groups in total. The molecule has 1 fully saturated rings. The fourth-order valence-corrected chi connectivity index (χ4v) is 3.71. The SMILES string of the molecule is [3H]OCCC[C@H]1C[C@](C)([CH][CH]OC(=O)C(C)(C)C)[C@@H](Oc2nc(C)nc(C)c2[N+](=O)[O-])C1=O. The third kappa shape index (κ3) is 5.79. The van der Waals surface area contributed by atoms with E-state index in [0.29, 0.717) is 19.3 Å². The number of aliphatic hydroxyl groups excluding tert-OH is 1. The van der Waals surface area contributed by atoms with Crippen molar-refractivity contribution in [3.8, 4) is 5.88 Å². The second kappa shape index (κ2) is 9.89. The fraction of sp³-hybridized carbons (Fsp3) is 0.636. The smallest absolute Gasteiger partial charge is 0.351 e. The van der Waals surface area contributed by atoms with Crippen LogP contribution in [0.3, 0.4) is 0 Å². The fourth-order valence-electron chi connectivity index (χ4n) is 3.71. The van der Waals surface area contributed by atoms with Crippen LogP contribution in [-0.2, 0) is 14.3 Å². The Balaban J connectivity index is 2.31. The van der Waals surface area contributed by atoms with Crippen molar-refractivity contribution in [3.05, 3.63) is 34.7 Å². The predicted molar refractivity (Wildman–Crippen MR) is 114 cm³/mol. The summed E-state index contributed by atoms with van der Waals surface area (Å²) in [5.74, 6) is -1.09. The molecule has 10 heteroatoms. The number of ether oxygens (including phenoxy) is 2. The van der Waals surface area contributed by atoms with Crippen molar-refractivity contribution in [1.29, 1.82) is 1.43 Å². The summed E-state index contributed by atoms with van der Waals surface area (Å²) < 4.78 is 18.0. The number of rotatable bonds is 10. The van der Waals surface area contributed by atoms with E-state index in [9.17, 15) is 19.7 Å². The maximum atomic E-state index is 13.3. The van der Waals surface area contributed by atoms with Crippen LogP contribution in [0.1, 0.15) is 58.5 Å². The first-order valence-corrected chi connectivity index (χ1v) is 10.5. The maximum Gasteiger partial charge on any atom is 0.351 e. The molecule has 176 valence electrons. The first-order chi connectivity index (χ1) is 15.3. The van der Waals surface area contributed by atoms with Gasteiger partial charge in [-0.3, -0.25) is 19.7 Å². The van der Waals surface area contributed by atoms with Gasteiger partial charge in [-0.05, 0) is 53.9 Å². The standard InChI is InChI=1S/C22H31N3O7/c1-13-16(25(29)30)19(24-14(2)23-13)32-18-17(27)15(8-7-10-26)12-22(18,6)9-11-31-20(28)21(3,4)5/h9,11,15,18,26H,7-8,10,12H2,1-6H3/t15-,18-,22-/m0/s1/i26T. The number of carbonyl (C=O) groups is 2. The van der Waals surface area contributed by atoms with E-state index < -0.39 is 39.4 Å². The summed E-state index contributed by atoms with van der Waals surface area (Å²) in [6, 6.07) is 0. The molecule has 0 aliphatic heterocycles. The topological polar surface area (TPSA) is 142 Å². The normalized spacial score (nSPS) is 23.7. The van der Waals surface area contributed by atoms with Gasteiger partial charge in [0.1, 0.15) is 18.1 Å². The molecule has 0 aromatic carbocycles. The van der Waals surface area contributed by atoms with Crippen LogP contribution < -0.4 is 4.74 Å². The number of nitro groups is 1.